The second kappa shape index (κ2) is 8.03. The highest BCUT2D eigenvalue weighted by molar-refractivity contribution is 7.89. The number of hydrogen-bond donors (Lipinski definition) is 2. The van der Waals surface area contributed by atoms with Crippen LogP contribution in [0.25, 0.3) is 11.0 Å². The molecule has 2 heterocycles. The van der Waals surface area contributed by atoms with Crippen LogP contribution in [0.3, 0.4) is 0 Å². The highest BCUT2D eigenvalue weighted by atomic mass is 32.2. The molecule has 8 nitrogen and oxygen atoms in total. The molecule has 0 radical (unpaired) electrons. The van der Waals surface area contributed by atoms with E-state index in [0.29, 0.717) is 11.0 Å². The van der Waals surface area contributed by atoms with Gasteiger partial charge in [-0.1, -0.05) is 0 Å². The number of carbonyl (C=O) groups excluding carboxylic acids is 1. The number of hydrogen-bond acceptors (Lipinski definition) is 5. The van der Waals surface area contributed by atoms with E-state index in [4.69, 9.17) is 0 Å². The zero-order chi connectivity index (χ0) is 22.1. The summed E-state index contributed by atoms with van der Waals surface area (Å²) in [5.74, 6) is -0.479. The second-order valence-electron chi connectivity index (χ2n) is 6.74. The zero-order valence-corrected chi connectivity index (χ0v) is 16.8. The Hall–Kier alpha value is -2.99. The molecule has 2 aromatic heterocycles. The fraction of sp³-hybridized carbons (Fsp3) is 0.278. The Balaban J connectivity index is 1.72. The minimum atomic E-state index is -4.66. The van der Waals surface area contributed by atoms with Crippen molar-refractivity contribution < 1.29 is 26.4 Å². The lowest BCUT2D eigenvalue weighted by atomic mass is 10.2. The number of pyridine rings is 1. The van der Waals surface area contributed by atoms with Gasteiger partial charge in [-0.15, -0.1) is 0 Å². The first-order valence-corrected chi connectivity index (χ1v) is 10.3. The molecule has 1 amide bonds. The summed E-state index contributed by atoms with van der Waals surface area (Å²) >= 11 is 0. The van der Waals surface area contributed by atoms with Gasteiger partial charge in [-0.2, -0.15) is 18.3 Å². The van der Waals surface area contributed by atoms with Crippen LogP contribution < -0.4 is 10.0 Å². The van der Waals surface area contributed by atoms with Crippen molar-refractivity contribution in [2.24, 2.45) is 0 Å². The highest BCUT2D eigenvalue weighted by Gasteiger charge is 2.30. The van der Waals surface area contributed by atoms with E-state index in [0.717, 1.165) is 12.1 Å². The lowest BCUT2D eigenvalue weighted by Gasteiger charge is -2.10. The molecule has 0 spiro atoms. The van der Waals surface area contributed by atoms with E-state index in [1.165, 1.54) is 23.1 Å². The molecule has 3 rings (SSSR count). The molecule has 160 valence electrons. The number of nitrogens with zero attached hydrogens (tertiary/aromatic N) is 3. The summed E-state index contributed by atoms with van der Waals surface area (Å²) in [7, 11) is -4.32. The summed E-state index contributed by atoms with van der Waals surface area (Å²) in [5.41, 5.74) is 1.18. The number of rotatable bonds is 6. The Morgan fingerprint density at radius 3 is 2.43 bits per heavy atom. The molecule has 0 aliphatic rings. The van der Waals surface area contributed by atoms with Gasteiger partial charge in [0.15, 0.2) is 5.65 Å². The second-order valence-corrected chi connectivity index (χ2v) is 8.50. The molecule has 0 saturated carbocycles. The standard InChI is InChI=1S/C18H18F3N5O3S/c1-11(2)26-16-12(9-23-26)7-13(8-22-16)17(27)25-14-3-5-15(6-4-14)30(28,29)24-10-18(19,20)21/h3-9,11,24H,10H2,1-2H3,(H,25,27). The number of nitrogens with one attached hydrogen (secondary N) is 2. The molecule has 0 bridgehead atoms. The predicted octanol–water partition coefficient (Wildman–Crippen LogP) is 3.11. The van der Waals surface area contributed by atoms with E-state index in [2.05, 4.69) is 15.4 Å². The van der Waals surface area contributed by atoms with Gasteiger partial charge >= 0.3 is 6.18 Å². The van der Waals surface area contributed by atoms with Gasteiger partial charge in [0.2, 0.25) is 10.0 Å². The maximum atomic E-state index is 12.5. The molecule has 2 N–H and O–H groups in total. The van der Waals surface area contributed by atoms with Crippen LogP contribution in [0, 0.1) is 0 Å². The van der Waals surface area contributed by atoms with Crippen LogP contribution in [0.4, 0.5) is 18.9 Å². The fourth-order valence-electron chi connectivity index (χ4n) is 2.62. The van der Waals surface area contributed by atoms with Crippen LogP contribution in [0.2, 0.25) is 0 Å². The van der Waals surface area contributed by atoms with E-state index < -0.39 is 28.7 Å². The number of alkyl halides is 3. The number of fused-ring (bicyclic) bond motifs is 1. The summed E-state index contributed by atoms with van der Waals surface area (Å²) in [4.78, 5) is 16.4. The van der Waals surface area contributed by atoms with Gasteiger partial charge in [-0.25, -0.2) is 22.8 Å². The van der Waals surface area contributed by atoms with Gasteiger partial charge in [-0.3, -0.25) is 4.79 Å². The topological polar surface area (TPSA) is 106 Å². The van der Waals surface area contributed by atoms with Gasteiger partial charge in [0.25, 0.3) is 5.91 Å². The zero-order valence-electron chi connectivity index (χ0n) is 15.9. The smallest absolute Gasteiger partial charge is 0.322 e. The molecular formula is C18H18F3N5O3S. The summed E-state index contributed by atoms with van der Waals surface area (Å²) in [6.07, 6.45) is -1.66. The van der Waals surface area contributed by atoms with Crippen molar-refractivity contribution in [3.63, 3.8) is 0 Å². The highest BCUT2D eigenvalue weighted by Crippen LogP contribution is 2.19. The van der Waals surface area contributed by atoms with Crippen molar-refractivity contribution in [1.82, 2.24) is 19.5 Å². The number of carbonyl (C=O) groups is 1. The average molecular weight is 441 g/mol. The minimum absolute atomic E-state index is 0.107. The minimum Gasteiger partial charge on any atom is -0.322 e. The van der Waals surface area contributed by atoms with Crippen molar-refractivity contribution in [1.29, 1.82) is 0 Å². The van der Waals surface area contributed by atoms with E-state index in [1.807, 2.05) is 13.8 Å². The van der Waals surface area contributed by atoms with Crippen molar-refractivity contribution in [2.45, 2.75) is 31.0 Å². The van der Waals surface area contributed by atoms with Gasteiger partial charge in [0, 0.05) is 23.3 Å². The van der Waals surface area contributed by atoms with Crippen LogP contribution in [0.1, 0.15) is 30.2 Å². The van der Waals surface area contributed by atoms with Crippen LogP contribution >= 0.6 is 0 Å². The van der Waals surface area contributed by atoms with Gasteiger partial charge < -0.3 is 5.32 Å². The van der Waals surface area contributed by atoms with Gasteiger partial charge in [-0.05, 0) is 44.2 Å². The third-order valence-corrected chi connectivity index (χ3v) is 5.49. The molecule has 0 unspecified atom stereocenters. The Labute approximate surface area is 170 Å². The lowest BCUT2D eigenvalue weighted by molar-refractivity contribution is -0.121. The van der Waals surface area contributed by atoms with Crippen LogP contribution in [-0.4, -0.2) is 41.8 Å². The molecule has 0 aliphatic carbocycles. The largest absolute Gasteiger partial charge is 0.402 e. The van der Waals surface area contributed by atoms with E-state index in [1.54, 1.807) is 16.9 Å². The summed E-state index contributed by atoms with van der Waals surface area (Å²) in [6, 6.07) is 6.50. The summed E-state index contributed by atoms with van der Waals surface area (Å²) in [6.45, 7) is 2.24. The molecular weight excluding hydrogens is 423 g/mol. The number of halogens is 3. The van der Waals surface area contributed by atoms with Crippen molar-refractivity contribution in [3.05, 3.63) is 48.3 Å². The van der Waals surface area contributed by atoms with Crippen LogP contribution in [0.5, 0.6) is 0 Å². The van der Waals surface area contributed by atoms with Crippen molar-refractivity contribution in [3.8, 4) is 0 Å². The first-order valence-electron chi connectivity index (χ1n) is 8.77. The number of benzene rings is 1. The van der Waals surface area contributed by atoms with E-state index in [-0.39, 0.29) is 22.2 Å². The molecule has 3 aromatic rings. The first kappa shape index (κ1) is 21.7. The Bertz CT molecular complexity index is 1170. The lowest BCUT2D eigenvalue weighted by Crippen LogP contribution is -2.33. The monoisotopic (exact) mass is 441 g/mol. The summed E-state index contributed by atoms with van der Waals surface area (Å²) < 4.78 is 63.7. The average Bonchev–Trinajstić information content (AvgIpc) is 3.10. The maximum absolute atomic E-state index is 12.5. The third kappa shape index (κ3) is 4.94. The quantitative estimate of drug-likeness (QED) is 0.612. The number of amides is 1. The normalized spacial score (nSPS) is 12.5. The molecule has 0 saturated heterocycles. The maximum Gasteiger partial charge on any atom is 0.402 e. The molecule has 0 atom stereocenters. The Morgan fingerprint density at radius 2 is 1.83 bits per heavy atom. The molecule has 1 aromatic carbocycles. The van der Waals surface area contributed by atoms with Crippen LogP contribution in [0.15, 0.2) is 47.6 Å². The molecule has 0 aliphatic heterocycles. The van der Waals surface area contributed by atoms with E-state index >= 15 is 0 Å². The number of sulfonamides is 1. The van der Waals surface area contributed by atoms with E-state index in [9.17, 15) is 26.4 Å². The number of anilines is 1. The predicted molar refractivity (Wildman–Crippen MR) is 104 cm³/mol. The first-order chi connectivity index (χ1) is 14.0. The summed E-state index contributed by atoms with van der Waals surface area (Å²) in [5, 5.41) is 7.51. The van der Waals surface area contributed by atoms with Crippen molar-refractivity contribution in [2.75, 3.05) is 11.9 Å². The third-order valence-electron chi connectivity index (χ3n) is 4.07. The SMILES string of the molecule is CC(C)n1ncc2cc(C(=O)Nc3ccc(S(=O)(=O)NCC(F)(F)F)cc3)cnc21. The van der Waals surface area contributed by atoms with Gasteiger partial charge in [0.05, 0.1) is 16.7 Å². The molecule has 0 fully saturated rings. The Kier molecular flexibility index (Phi) is 5.81. The fourth-order valence-corrected chi connectivity index (χ4v) is 3.64. The van der Waals surface area contributed by atoms with Crippen molar-refractivity contribution >= 4 is 32.7 Å². The molecule has 30 heavy (non-hydrogen) atoms. The number of aromatic nitrogens is 3. The Morgan fingerprint density at radius 1 is 1.17 bits per heavy atom. The molecule has 12 heteroatoms. The van der Waals surface area contributed by atoms with Gasteiger partial charge in [0.1, 0.15) is 6.54 Å². The van der Waals surface area contributed by atoms with Crippen LogP contribution in [-0.2, 0) is 10.0 Å².